The number of benzene rings is 2. The topological polar surface area (TPSA) is 73.9 Å². The monoisotopic (exact) mass is 347 g/mol. The number of methoxy groups -OCH3 is 2. The maximum absolute atomic E-state index is 13.7. The molecule has 0 aromatic heterocycles. The number of hydrogen-bond donors (Lipinski definition) is 1. The Bertz CT molecular complexity index is 778. The molecule has 2 rings (SSSR count). The van der Waals surface area contributed by atoms with Crippen LogP contribution in [0.5, 0.6) is 11.5 Å². The molecule has 0 spiro atoms. The van der Waals surface area contributed by atoms with Gasteiger partial charge in [0.15, 0.2) is 17.7 Å². The van der Waals surface area contributed by atoms with Crippen LogP contribution >= 0.6 is 0 Å². The zero-order valence-electron chi connectivity index (χ0n) is 14.0. The van der Waals surface area contributed by atoms with Gasteiger partial charge in [0.05, 0.1) is 25.5 Å². The van der Waals surface area contributed by atoms with Crippen LogP contribution in [0.2, 0.25) is 0 Å². The van der Waals surface area contributed by atoms with Gasteiger partial charge in [-0.3, -0.25) is 4.79 Å². The molecule has 0 heterocycles. The van der Waals surface area contributed by atoms with Gasteiger partial charge in [-0.25, -0.2) is 9.18 Å². The Morgan fingerprint density at radius 2 is 1.72 bits per heavy atom. The molecule has 0 fully saturated rings. The minimum absolute atomic E-state index is 0.0125. The summed E-state index contributed by atoms with van der Waals surface area (Å²) in [5.41, 5.74) is 0.434. The Balaban J connectivity index is 2.03. The molecule has 0 saturated carbocycles. The van der Waals surface area contributed by atoms with Crippen molar-refractivity contribution in [2.45, 2.75) is 13.0 Å². The van der Waals surface area contributed by atoms with E-state index in [1.807, 2.05) is 0 Å². The number of nitrogens with one attached hydrogen (secondary N) is 1. The molecular weight excluding hydrogens is 329 g/mol. The van der Waals surface area contributed by atoms with Gasteiger partial charge in [-0.1, -0.05) is 12.1 Å². The fourth-order valence-corrected chi connectivity index (χ4v) is 2.06. The van der Waals surface area contributed by atoms with Crippen molar-refractivity contribution in [2.75, 3.05) is 19.5 Å². The minimum Gasteiger partial charge on any atom is -0.495 e. The third kappa shape index (κ3) is 4.47. The molecule has 0 radical (unpaired) electrons. The number of hydrogen-bond acceptors (Lipinski definition) is 5. The first kappa shape index (κ1) is 18.3. The number of carbonyl (C=O) groups excluding carboxylic acids is 2. The second-order valence-corrected chi connectivity index (χ2v) is 5.09. The van der Waals surface area contributed by atoms with Crippen LogP contribution in [0, 0.1) is 5.82 Å². The summed E-state index contributed by atoms with van der Waals surface area (Å²) in [4.78, 5) is 24.2. The van der Waals surface area contributed by atoms with Crippen molar-refractivity contribution in [1.82, 2.24) is 0 Å². The van der Waals surface area contributed by atoms with Crippen LogP contribution < -0.4 is 14.8 Å². The number of rotatable bonds is 6. The van der Waals surface area contributed by atoms with E-state index in [-0.39, 0.29) is 11.3 Å². The van der Waals surface area contributed by atoms with Gasteiger partial charge in [0.1, 0.15) is 5.75 Å². The van der Waals surface area contributed by atoms with Crippen LogP contribution in [0.25, 0.3) is 0 Å². The van der Waals surface area contributed by atoms with Gasteiger partial charge in [-0.2, -0.15) is 0 Å². The molecule has 1 amide bonds. The Kier molecular flexibility index (Phi) is 5.94. The van der Waals surface area contributed by atoms with Crippen LogP contribution in [-0.4, -0.2) is 32.2 Å². The number of esters is 1. The maximum Gasteiger partial charge on any atom is 0.339 e. The molecule has 0 aliphatic rings. The van der Waals surface area contributed by atoms with Crippen molar-refractivity contribution >= 4 is 17.6 Å². The van der Waals surface area contributed by atoms with Gasteiger partial charge in [-0.05, 0) is 37.3 Å². The molecular formula is C18H18FNO5. The number of halogens is 1. The number of ether oxygens (including phenoxy) is 3. The Hall–Kier alpha value is -3.09. The van der Waals surface area contributed by atoms with Crippen molar-refractivity contribution in [3.63, 3.8) is 0 Å². The average molecular weight is 347 g/mol. The molecule has 1 unspecified atom stereocenters. The van der Waals surface area contributed by atoms with E-state index in [0.717, 1.165) is 6.07 Å². The van der Waals surface area contributed by atoms with Crippen LogP contribution in [-0.2, 0) is 9.53 Å². The zero-order chi connectivity index (χ0) is 18.4. The average Bonchev–Trinajstić information content (AvgIpc) is 2.61. The predicted octanol–water partition coefficient (Wildman–Crippen LogP) is 3.03. The predicted molar refractivity (Wildman–Crippen MR) is 89.5 cm³/mol. The summed E-state index contributed by atoms with van der Waals surface area (Å²) in [5, 5.41) is 2.61. The van der Waals surface area contributed by atoms with Crippen molar-refractivity contribution in [1.29, 1.82) is 0 Å². The molecule has 25 heavy (non-hydrogen) atoms. The van der Waals surface area contributed by atoms with Crippen LogP contribution in [0.15, 0.2) is 42.5 Å². The fourth-order valence-electron chi connectivity index (χ4n) is 2.06. The lowest BCUT2D eigenvalue weighted by atomic mass is 10.2. The van der Waals surface area contributed by atoms with Crippen LogP contribution in [0.1, 0.15) is 17.3 Å². The van der Waals surface area contributed by atoms with Crippen LogP contribution in [0.4, 0.5) is 10.1 Å². The van der Waals surface area contributed by atoms with Gasteiger partial charge >= 0.3 is 5.97 Å². The van der Waals surface area contributed by atoms with Gasteiger partial charge in [0.25, 0.3) is 5.91 Å². The Morgan fingerprint density at radius 3 is 2.36 bits per heavy atom. The fraction of sp³-hybridized carbons (Fsp3) is 0.222. The van der Waals surface area contributed by atoms with E-state index >= 15 is 0 Å². The zero-order valence-corrected chi connectivity index (χ0v) is 14.0. The Labute approximate surface area is 144 Å². The largest absolute Gasteiger partial charge is 0.495 e. The number of carbonyl (C=O) groups is 2. The molecule has 0 aliphatic heterocycles. The third-order valence-electron chi connectivity index (χ3n) is 3.41. The minimum atomic E-state index is -1.08. The first-order valence-electron chi connectivity index (χ1n) is 7.44. The normalized spacial score (nSPS) is 11.4. The van der Waals surface area contributed by atoms with Crippen molar-refractivity contribution in [3.8, 4) is 11.5 Å². The van der Waals surface area contributed by atoms with E-state index < -0.39 is 23.8 Å². The van der Waals surface area contributed by atoms with E-state index in [0.29, 0.717) is 11.4 Å². The first-order chi connectivity index (χ1) is 12.0. The van der Waals surface area contributed by atoms with Crippen molar-refractivity contribution in [2.24, 2.45) is 0 Å². The highest BCUT2D eigenvalue weighted by Crippen LogP contribution is 2.23. The highest BCUT2D eigenvalue weighted by Gasteiger charge is 2.21. The van der Waals surface area contributed by atoms with Crippen molar-refractivity contribution < 1.29 is 28.2 Å². The lowest BCUT2D eigenvalue weighted by molar-refractivity contribution is -0.123. The molecule has 0 saturated heterocycles. The van der Waals surface area contributed by atoms with Crippen LogP contribution in [0.3, 0.4) is 0 Å². The van der Waals surface area contributed by atoms with Gasteiger partial charge in [0, 0.05) is 0 Å². The molecule has 1 N–H and O–H groups in total. The summed E-state index contributed by atoms with van der Waals surface area (Å²) in [7, 11) is 2.80. The number of amides is 1. The summed E-state index contributed by atoms with van der Waals surface area (Å²) in [6.45, 7) is 1.42. The van der Waals surface area contributed by atoms with Crippen molar-refractivity contribution in [3.05, 3.63) is 53.8 Å². The standard InChI is InChI=1S/C18H18FNO5/c1-11(17(21)20-14-6-4-5-7-16(14)24-3)25-18(22)12-8-9-15(23-2)13(19)10-12/h4-11H,1-3H3,(H,20,21). The van der Waals surface area contributed by atoms with E-state index in [1.54, 1.807) is 24.3 Å². The lowest BCUT2D eigenvalue weighted by Crippen LogP contribution is -2.30. The smallest absolute Gasteiger partial charge is 0.339 e. The summed E-state index contributed by atoms with van der Waals surface area (Å²) >= 11 is 0. The summed E-state index contributed by atoms with van der Waals surface area (Å²) in [6.07, 6.45) is -1.08. The van der Waals surface area contributed by atoms with Gasteiger partial charge in [-0.15, -0.1) is 0 Å². The second kappa shape index (κ2) is 8.14. The summed E-state index contributed by atoms with van der Waals surface area (Å²) in [6, 6.07) is 10.5. The third-order valence-corrected chi connectivity index (χ3v) is 3.41. The number of anilines is 1. The van der Waals surface area contributed by atoms with Gasteiger partial charge < -0.3 is 19.5 Å². The molecule has 6 nitrogen and oxygen atoms in total. The molecule has 1 atom stereocenters. The molecule has 0 aliphatic carbocycles. The van der Waals surface area contributed by atoms with Gasteiger partial charge in [0.2, 0.25) is 0 Å². The molecule has 2 aromatic carbocycles. The molecule has 2 aromatic rings. The quantitative estimate of drug-likeness (QED) is 0.813. The Morgan fingerprint density at radius 1 is 1.04 bits per heavy atom. The molecule has 7 heteroatoms. The highest BCUT2D eigenvalue weighted by molar-refractivity contribution is 5.98. The number of para-hydroxylation sites is 2. The SMILES string of the molecule is COc1ccc(C(=O)OC(C)C(=O)Nc2ccccc2OC)cc1F. The van der Waals surface area contributed by atoms with E-state index in [9.17, 15) is 14.0 Å². The molecule has 0 bridgehead atoms. The van der Waals surface area contributed by atoms with E-state index in [2.05, 4.69) is 5.32 Å². The second-order valence-electron chi connectivity index (χ2n) is 5.09. The maximum atomic E-state index is 13.7. The first-order valence-corrected chi connectivity index (χ1v) is 7.44. The summed E-state index contributed by atoms with van der Waals surface area (Å²) < 4.78 is 28.6. The lowest BCUT2D eigenvalue weighted by Gasteiger charge is -2.15. The van der Waals surface area contributed by atoms with E-state index in [1.165, 1.54) is 33.3 Å². The van der Waals surface area contributed by atoms with E-state index in [4.69, 9.17) is 14.2 Å². The molecule has 132 valence electrons. The summed E-state index contributed by atoms with van der Waals surface area (Å²) in [5.74, 6) is -1.55. The highest BCUT2D eigenvalue weighted by atomic mass is 19.1.